The molecule has 3 aliphatic heterocycles. The fraction of sp³-hybridized carbons (Fsp3) is 0.368. The van der Waals surface area contributed by atoms with Crippen molar-refractivity contribution in [2.24, 2.45) is 0 Å². The molecule has 2 bridgehead atoms. The standard InChI is InChI=1S/C19H18N2O5/c1-11-4-5-20(12-2-3-15-16(7-12)26-10-25-15)18(22)17(11)19(23)21-8-14-6-13(21)9-24-14/h2-5,7,13-14H,6,8-10H2,1H3/t13-,14-/m1/s1. The van der Waals surface area contributed by atoms with Gasteiger partial charge in [0.05, 0.1) is 24.4 Å². The van der Waals surface area contributed by atoms with E-state index >= 15 is 0 Å². The summed E-state index contributed by atoms with van der Waals surface area (Å²) >= 11 is 0. The summed E-state index contributed by atoms with van der Waals surface area (Å²) in [6.07, 6.45) is 2.64. The number of aromatic nitrogens is 1. The van der Waals surface area contributed by atoms with Crippen molar-refractivity contribution >= 4 is 5.91 Å². The van der Waals surface area contributed by atoms with E-state index in [0.717, 1.165) is 6.42 Å². The van der Waals surface area contributed by atoms with Crippen LogP contribution < -0.4 is 15.0 Å². The first-order chi connectivity index (χ1) is 12.6. The van der Waals surface area contributed by atoms with Gasteiger partial charge in [0.1, 0.15) is 5.56 Å². The molecule has 3 aliphatic rings. The molecule has 0 radical (unpaired) electrons. The predicted octanol–water partition coefficient (Wildman–Crippen LogP) is 1.49. The first-order valence-electron chi connectivity index (χ1n) is 8.66. The number of pyridine rings is 1. The lowest BCUT2D eigenvalue weighted by Gasteiger charge is -2.27. The third kappa shape index (κ3) is 2.24. The van der Waals surface area contributed by atoms with Gasteiger partial charge in [-0.2, -0.15) is 0 Å². The molecular weight excluding hydrogens is 336 g/mol. The summed E-state index contributed by atoms with van der Waals surface area (Å²) in [5, 5.41) is 0. The van der Waals surface area contributed by atoms with Crippen LogP contribution in [0.5, 0.6) is 11.5 Å². The molecule has 7 nitrogen and oxygen atoms in total. The van der Waals surface area contributed by atoms with Gasteiger partial charge in [0.25, 0.3) is 11.5 Å². The Morgan fingerprint density at radius 2 is 2.04 bits per heavy atom. The Bertz CT molecular complexity index is 967. The van der Waals surface area contributed by atoms with Gasteiger partial charge in [0, 0.05) is 18.8 Å². The molecule has 4 heterocycles. The molecule has 134 valence electrons. The lowest BCUT2D eigenvalue weighted by Crippen LogP contribution is -2.44. The smallest absolute Gasteiger partial charge is 0.268 e. The largest absolute Gasteiger partial charge is 0.454 e. The zero-order chi connectivity index (χ0) is 17.8. The number of morpholine rings is 1. The van der Waals surface area contributed by atoms with E-state index in [0.29, 0.717) is 35.9 Å². The lowest BCUT2D eigenvalue weighted by molar-refractivity contribution is 0.0257. The molecule has 1 aromatic carbocycles. The van der Waals surface area contributed by atoms with Crippen LogP contribution in [0, 0.1) is 6.92 Å². The Morgan fingerprint density at radius 1 is 1.19 bits per heavy atom. The summed E-state index contributed by atoms with van der Waals surface area (Å²) in [7, 11) is 0. The van der Waals surface area contributed by atoms with Crippen molar-refractivity contribution < 1.29 is 19.0 Å². The molecule has 2 aromatic rings. The highest BCUT2D eigenvalue weighted by Crippen LogP contribution is 2.33. The lowest BCUT2D eigenvalue weighted by atomic mass is 10.1. The van der Waals surface area contributed by atoms with Gasteiger partial charge in [-0.05, 0) is 37.1 Å². The van der Waals surface area contributed by atoms with Crippen LogP contribution in [0.1, 0.15) is 22.3 Å². The van der Waals surface area contributed by atoms with Crippen LogP contribution >= 0.6 is 0 Å². The number of carbonyl (C=O) groups excluding carboxylic acids is 1. The van der Waals surface area contributed by atoms with Crippen LogP contribution in [-0.4, -0.2) is 47.5 Å². The number of hydrogen-bond acceptors (Lipinski definition) is 5. The van der Waals surface area contributed by atoms with Crippen LogP contribution in [0.25, 0.3) is 5.69 Å². The first kappa shape index (κ1) is 15.5. The normalized spacial score (nSPS) is 22.9. The maximum absolute atomic E-state index is 13.1. The fourth-order valence-corrected chi connectivity index (χ4v) is 3.92. The summed E-state index contributed by atoms with van der Waals surface area (Å²) < 4.78 is 17.7. The minimum atomic E-state index is -0.322. The van der Waals surface area contributed by atoms with Crippen molar-refractivity contribution in [3.63, 3.8) is 0 Å². The molecule has 2 atom stereocenters. The topological polar surface area (TPSA) is 70.0 Å². The number of aryl methyl sites for hydroxylation is 1. The number of likely N-dealkylation sites (tertiary alicyclic amines) is 1. The Balaban J connectivity index is 1.56. The zero-order valence-electron chi connectivity index (χ0n) is 14.3. The molecule has 2 fully saturated rings. The van der Waals surface area contributed by atoms with Crippen LogP contribution in [0.15, 0.2) is 35.3 Å². The maximum atomic E-state index is 13.1. The molecule has 1 aromatic heterocycles. The van der Waals surface area contributed by atoms with Crippen LogP contribution in [-0.2, 0) is 4.74 Å². The number of nitrogens with zero attached hydrogens (tertiary/aromatic N) is 2. The second-order valence-corrected chi connectivity index (χ2v) is 6.89. The van der Waals surface area contributed by atoms with Gasteiger partial charge in [-0.1, -0.05) is 0 Å². The van der Waals surface area contributed by atoms with Gasteiger partial charge >= 0.3 is 0 Å². The van der Waals surface area contributed by atoms with Crippen molar-refractivity contribution in [2.75, 3.05) is 19.9 Å². The summed E-state index contributed by atoms with van der Waals surface area (Å²) in [5.74, 6) is 1.04. The summed E-state index contributed by atoms with van der Waals surface area (Å²) in [6, 6.07) is 7.17. The van der Waals surface area contributed by atoms with Crippen molar-refractivity contribution in [2.45, 2.75) is 25.5 Å². The predicted molar refractivity (Wildman–Crippen MR) is 92.1 cm³/mol. The number of carbonyl (C=O) groups is 1. The van der Waals surface area contributed by atoms with Gasteiger partial charge in [-0.25, -0.2) is 0 Å². The van der Waals surface area contributed by atoms with Crippen LogP contribution in [0.2, 0.25) is 0 Å². The highest BCUT2D eigenvalue weighted by atomic mass is 16.7. The second-order valence-electron chi connectivity index (χ2n) is 6.89. The van der Waals surface area contributed by atoms with E-state index in [-0.39, 0.29) is 36.0 Å². The van der Waals surface area contributed by atoms with Crippen molar-refractivity contribution in [3.05, 3.63) is 51.9 Å². The summed E-state index contributed by atoms with van der Waals surface area (Å²) in [5.41, 5.74) is 1.22. The van der Waals surface area contributed by atoms with Gasteiger partial charge in [0.15, 0.2) is 11.5 Å². The van der Waals surface area contributed by atoms with E-state index in [1.165, 1.54) is 4.57 Å². The molecule has 5 rings (SSSR count). The van der Waals surface area contributed by atoms with E-state index in [1.807, 2.05) is 0 Å². The zero-order valence-corrected chi connectivity index (χ0v) is 14.3. The Hall–Kier alpha value is -2.80. The Kier molecular flexibility index (Phi) is 3.33. The van der Waals surface area contributed by atoms with Crippen molar-refractivity contribution in [1.82, 2.24) is 9.47 Å². The van der Waals surface area contributed by atoms with Crippen LogP contribution in [0.3, 0.4) is 0 Å². The first-order valence-corrected chi connectivity index (χ1v) is 8.66. The SMILES string of the molecule is Cc1ccn(-c2ccc3c(c2)OCO3)c(=O)c1C(=O)N1C[C@H]2C[C@@H]1CO2. The molecule has 0 spiro atoms. The molecule has 0 saturated carbocycles. The van der Waals surface area contributed by atoms with Crippen LogP contribution in [0.4, 0.5) is 0 Å². The number of amides is 1. The van der Waals surface area contributed by atoms with Crippen molar-refractivity contribution in [3.8, 4) is 17.2 Å². The number of fused-ring (bicyclic) bond motifs is 3. The third-order valence-electron chi connectivity index (χ3n) is 5.31. The average molecular weight is 354 g/mol. The van der Waals surface area contributed by atoms with Gasteiger partial charge < -0.3 is 19.1 Å². The second kappa shape index (κ2) is 5.60. The van der Waals surface area contributed by atoms with Gasteiger partial charge in [-0.15, -0.1) is 0 Å². The van der Waals surface area contributed by atoms with E-state index in [9.17, 15) is 9.59 Å². The number of ether oxygens (including phenoxy) is 3. The van der Waals surface area contributed by atoms with E-state index < -0.39 is 0 Å². The monoisotopic (exact) mass is 354 g/mol. The minimum Gasteiger partial charge on any atom is -0.454 e. The molecule has 7 heteroatoms. The molecule has 0 unspecified atom stereocenters. The summed E-state index contributed by atoms with van der Waals surface area (Å²) in [4.78, 5) is 27.9. The highest BCUT2D eigenvalue weighted by Gasteiger charge is 2.42. The van der Waals surface area contributed by atoms with Gasteiger partial charge in [-0.3, -0.25) is 14.2 Å². The molecule has 2 saturated heterocycles. The Morgan fingerprint density at radius 3 is 2.81 bits per heavy atom. The van der Waals surface area contributed by atoms with E-state index in [2.05, 4.69) is 0 Å². The average Bonchev–Trinajstić information content (AvgIpc) is 3.37. The fourth-order valence-electron chi connectivity index (χ4n) is 3.92. The molecule has 1 amide bonds. The maximum Gasteiger partial charge on any atom is 0.268 e. The summed E-state index contributed by atoms with van der Waals surface area (Å²) in [6.45, 7) is 3.08. The molecular formula is C19H18N2O5. The van der Waals surface area contributed by atoms with Gasteiger partial charge in [0.2, 0.25) is 6.79 Å². The number of benzene rings is 1. The number of rotatable bonds is 2. The Labute approximate surface area is 149 Å². The molecule has 0 aliphatic carbocycles. The quantitative estimate of drug-likeness (QED) is 0.817. The molecule has 0 N–H and O–H groups in total. The third-order valence-corrected chi connectivity index (χ3v) is 5.31. The molecule has 26 heavy (non-hydrogen) atoms. The minimum absolute atomic E-state index is 0.0745. The van der Waals surface area contributed by atoms with E-state index in [4.69, 9.17) is 14.2 Å². The highest BCUT2D eigenvalue weighted by molar-refractivity contribution is 5.95. The van der Waals surface area contributed by atoms with Crippen molar-refractivity contribution in [1.29, 1.82) is 0 Å². The number of hydrogen-bond donors (Lipinski definition) is 0. The van der Waals surface area contributed by atoms with E-state index in [1.54, 1.807) is 42.3 Å².